The monoisotopic (exact) mass is 1150 g/mol. The number of esters is 3. The summed E-state index contributed by atoms with van der Waals surface area (Å²) in [6.45, 7) is 6.43. The Hall–Kier alpha value is -4.19. The standard InChI is InChI=1S/C77H130O6/c1-4-7-10-13-16-19-22-25-27-29-31-33-35-36-37-38-39-40-42-43-45-47-49-52-55-58-61-64-67-70-76(79)82-73-74(72-81-75(78)69-66-63-60-57-54-51-24-21-18-15-12-9-6-3)83-77(80)71-68-65-62-59-56-53-50-48-46-44-41-34-32-30-28-26-23-20-17-14-11-8-5-2/h8,11-12,15,17,20-21,24,26,28-29,31-32,34,44,46,50,53,59,62,74H,4-7,9-10,13-14,16,18-19,22-23,25,27,30,33,35-43,45,47-49,51-52,54-58,60-61,63-73H2,1-3H3/b11-8-,15-12-,20-17-,24-21-,28-26-,31-29-,34-32-,46-44-,53-50-,62-59-. The normalized spacial score (nSPS) is 12.9. The Balaban J connectivity index is 4.34. The molecule has 0 aliphatic rings. The average molecular weight is 1150 g/mol. The van der Waals surface area contributed by atoms with Crippen LogP contribution < -0.4 is 0 Å². The van der Waals surface area contributed by atoms with Crippen LogP contribution in [0.4, 0.5) is 0 Å². The van der Waals surface area contributed by atoms with Gasteiger partial charge in [0.2, 0.25) is 0 Å². The predicted octanol–water partition coefficient (Wildman–Crippen LogP) is 24.3. The van der Waals surface area contributed by atoms with Crippen LogP contribution in [-0.4, -0.2) is 37.2 Å². The number of hydrogen-bond donors (Lipinski definition) is 0. The van der Waals surface area contributed by atoms with Crippen LogP contribution in [0, 0.1) is 0 Å². The summed E-state index contributed by atoms with van der Waals surface area (Å²) in [6, 6.07) is 0. The fraction of sp³-hybridized carbons (Fsp3) is 0.701. The maximum absolute atomic E-state index is 12.9. The molecular formula is C77H130O6. The molecule has 0 fully saturated rings. The van der Waals surface area contributed by atoms with Gasteiger partial charge in [-0.05, 0) is 122 Å². The molecule has 0 saturated carbocycles. The SMILES string of the molecule is CC/C=C\C/C=C\C/C=C\C/C=C\C/C=C\C/C=C\C/C=C\CCCC(=O)OC(COC(=O)CCCCCCC/C=C\C/C=C\CCC)COC(=O)CCCCCCCCCCCCCCCCCCC/C=C\CCCCCCCCCC. The zero-order valence-corrected chi connectivity index (χ0v) is 54.4. The van der Waals surface area contributed by atoms with Crippen molar-refractivity contribution in [3.63, 3.8) is 0 Å². The van der Waals surface area contributed by atoms with Gasteiger partial charge in [-0.3, -0.25) is 14.4 Å². The highest BCUT2D eigenvalue weighted by Crippen LogP contribution is 2.17. The smallest absolute Gasteiger partial charge is 0.306 e. The maximum Gasteiger partial charge on any atom is 0.306 e. The fourth-order valence-electron chi connectivity index (χ4n) is 9.70. The highest BCUT2D eigenvalue weighted by Gasteiger charge is 2.19. The summed E-state index contributed by atoms with van der Waals surface area (Å²) in [4.78, 5) is 38.4. The molecule has 6 heteroatoms. The van der Waals surface area contributed by atoms with E-state index in [1.54, 1.807) is 0 Å². The zero-order chi connectivity index (χ0) is 59.9. The Kier molecular flexibility index (Phi) is 66.7. The molecule has 0 bridgehead atoms. The molecule has 1 unspecified atom stereocenters. The van der Waals surface area contributed by atoms with Crippen LogP contribution in [0.3, 0.4) is 0 Å². The molecule has 0 N–H and O–H groups in total. The summed E-state index contributed by atoms with van der Waals surface area (Å²) >= 11 is 0. The number of carbonyl (C=O) groups is 3. The summed E-state index contributed by atoms with van der Waals surface area (Å²) < 4.78 is 16.9. The Labute approximate surface area is 513 Å². The van der Waals surface area contributed by atoms with E-state index in [0.29, 0.717) is 19.3 Å². The molecule has 0 aliphatic heterocycles. The van der Waals surface area contributed by atoms with Crippen molar-refractivity contribution in [2.45, 2.75) is 335 Å². The van der Waals surface area contributed by atoms with E-state index in [2.05, 4.69) is 142 Å². The molecule has 474 valence electrons. The van der Waals surface area contributed by atoms with E-state index in [1.807, 2.05) is 0 Å². The third kappa shape index (κ3) is 68.5. The molecule has 1 atom stereocenters. The summed E-state index contributed by atoms with van der Waals surface area (Å²) in [5, 5.41) is 0. The molecule has 0 aliphatic carbocycles. The average Bonchev–Trinajstić information content (AvgIpc) is 3.49. The van der Waals surface area contributed by atoms with Crippen molar-refractivity contribution >= 4 is 17.9 Å². The van der Waals surface area contributed by atoms with Crippen LogP contribution in [0.15, 0.2) is 122 Å². The van der Waals surface area contributed by atoms with Gasteiger partial charge in [0.05, 0.1) is 0 Å². The van der Waals surface area contributed by atoms with Gasteiger partial charge in [0.15, 0.2) is 6.10 Å². The highest BCUT2D eigenvalue weighted by molar-refractivity contribution is 5.71. The van der Waals surface area contributed by atoms with Gasteiger partial charge in [-0.25, -0.2) is 0 Å². The van der Waals surface area contributed by atoms with E-state index < -0.39 is 6.10 Å². The number of allylic oxidation sites excluding steroid dienone is 20. The van der Waals surface area contributed by atoms with E-state index in [-0.39, 0.29) is 37.5 Å². The molecule has 0 spiro atoms. The molecule has 0 aromatic heterocycles. The van der Waals surface area contributed by atoms with E-state index in [0.717, 1.165) is 122 Å². The van der Waals surface area contributed by atoms with Crippen molar-refractivity contribution < 1.29 is 28.6 Å². The lowest BCUT2D eigenvalue weighted by Crippen LogP contribution is -2.30. The van der Waals surface area contributed by atoms with Crippen molar-refractivity contribution in [2.24, 2.45) is 0 Å². The van der Waals surface area contributed by atoms with Gasteiger partial charge in [-0.1, -0.05) is 309 Å². The van der Waals surface area contributed by atoms with Crippen LogP contribution in [0.1, 0.15) is 329 Å². The van der Waals surface area contributed by atoms with Crippen molar-refractivity contribution in [2.75, 3.05) is 13.2 Å². The lowest BCUT2D eigenvalue weighted by molar-refractivity contribution is -0.167. The second-order valence-electron chi connectivity index (χ2n) is 23.1. The van der Waals surface area contributed by atoms with Gasteiger partial charge in [0.25, 0.3) is 0 Å². The quantitative estimate of drug-likeness (QED) is 0.0261. The minimum absolute atomic E-state index is 0.106. The highest BCUT2D eigenvalue weighted by atomic mass is 16.6. The van der Waals surface area contributed by atoms with Gasteiger partial charge in [-0.15, -0.1) is 0 Å². The van der Waals surface area contributed by atoms with Gasteiger partial charge >= 0.3 is 17.9 Å². The predicted molar refractivity (Wildman–Crippen MR) is 362 cm³/mol. The molecule has 0 aromatic rings. The van der Waals surface area contributed by atoms with Crippen molar-refractivity contribution in [1.29, 1.82) is 0 Å². The number of ether oxygens (including phenoxy) is 3. The minimum Gasteiger partial charge on any atom is -0.462 e. The molecule has 0 rings (SSSR count). The van der Waals surface area contributed by atoms with Crippen LogP contribution in [-0.2, 0) is 28.6 Å². The van der Waals surface area contributed by atoms with Gasteiger partial charge in [-0.2, -0.15) is 0 Å². The van der Waals surface area contributed by atoms with E-state index >= 15 is 0 Å². The van der Waals surface area contributed by atoms with Gasteiger partial charge < -0.3 is 14.2 Å². The Morgan fingerprint density at radius 1 is 0.253 bits per heavy atom. The van der Waals surface area contributed by atoms with Crippen LogP contribution in [0.25, 0.3) is 0 Å². The second-order valence-corrected chi connectivity index (χ2v) is 23.1. The van der Waals surface area contributed by atoms with Gasteiger partial charge in [0, 0.05) is 19.3 Å². The first-order chi connectivity index (χ1) is 41.0. The summed E-state index contributed by atoms with van der Waals surface area (Å²) in [6.07, 6.45) is 98.1. The number of unbranched alkanes of at least 4 members (excludes halogenated alkanes) is 32. The van der Waals surface area contributed by atoms with Crippen LogP contribution >= 0.6 is 0 Å². The molecule has 0 radical (unpaired) electrons. The van der Waals surface area contributed by atoms with Gasteiger partial charge in [0.1, 0.15) is 13.2 Å². The summed E-state index contributed by atoms with van der Waals surface area (Å²) in [5.41, 5.74) is 0. The Morgan fingerprint density at radius 2 is 0.506 bits per heavy atom. The number of rotatable bonds is 63. The summed E-state index contributed by atoms with van der Waals surface area (Å²) in [5.74, 6) is -0.973. The fourth-order valence-corrected chi connectivity index (χ4v) is 9.70. The molecule has 0 heterocycles. The second kappa shape index (κ2) is 70.3. The molecule has 0 saturated heterocycles. The summed E-state index contributed by atoms with van der Waals surface area (Å²) in [7, 11) is 0. The molecular weight excluding hydrogens is 1020 g/mol. The lowest BCUT2D eigenvalue weighted by atomic mass is 10.0. The van der Waals surface area contributed by atoms with Crippen molar-refractivity contribution in [3.8, 4) is 0 Å². The molecule has 0 aromatic carbocycles. The minimum atomic E-state index is -0.819. The molecule has 0 amide bonds. The number of hydrogen-bond acceptors (Lipinski definition) is 6. The molecule has 83 heavy (non-hydrogen) atoms. The maximum atomic E-state index is 12.9. The van der Waals surface area contributed by atoms with E-state index in [1.165, 1.54) is 161 Å². The van der Waals surface area contributed by atoms with Crippen LogP contribution in [0.5, 0.6) is 0 Å². The third-order valence-electron chi connectivity index (χ3n) is 14.9. The number of carbonyl (C=O) groups excluding carboxylic acids is 3. The van der Waals surface area contributed by atoms with E-state index in [4.69, 9.17) is 14.2 Å². The van der Waals surface area contributed by atoms with E-state index in [9.17, 15) is 14.4 Å². The first-order valence-electron chi connectivity index (χ1n) is 35.0. The topological polar surface area (TPSA) is 78.9 Å². The molecule has 6 nitrogen and oxygen atoms in total. The first kappa shape index (κ1) is 78.8. The Bertz CT molecular complexity index is 1700. The van der Waals surface area contributed by atoms with Crippen LogP contribution in [0.2, 0.25) is 0 Å². The van der Waals surface area contributed by atoms with Crippen molar-refractivity contribution in [1.82, 2.24) is 0 Å². The Morgan fingerprint density at radius 3 is 0.831 bits per heavy atom. The third-order valence-corrected chi connectivity index (χ3v) is 14.9. The zero-order valence-electron chi connectivity index (χ0n) is 54.4. The largest absolute Gasteiger partial charge is 0.462 e. The van der Waals surface area contributed by atoms with Crippen molar-refractivity contribution in [3.05, 3.63) is 122 Å². The first-order valence-corrected chi connectivity index (χ1v) is 35.0. The lowest BCUT2D eigenvalue weighted by Gasteiger charge is -2.18.